The molecule has 1 saturated heterocycles. The molecule has 6 nitrogen and oxygen atoms in total. The van der Waals surface area contributed by atoms with Crippen LogP contribution < -0.4 is 10.2 Å². The van der Waals surface area contributed by atoms with E-state index >= 15 is 0 Å². The lowest BCUT2D eigenvalue weighted by Crippen LogP contribution is -2.37. The Hall–Kier alpha value is -1.40. The number of aromatic nitrogens is 1. The van der Waals surface area contributed by atoms with Crippen molar-refractivity contribution < 1.29 is 4.92 Å². The number of nitrogens with zero attached hydrogens (tertiary/aromatic N) is 3. The topological polar surface area (TPSA) is 71.3 Å². The van der Waals surface area contributed by atoms with Gasteiger partial charge in [-0.05, 0) is 44.7 Å². The van der Waals surface area contributed by atoms with Gasteiger partial charge in [-0.3, -0.25) is 10.1 Å². The second-order valence-corrected chi connectivity index (χ2v) is 6.24. The van der Waals surface area contributed by atoms with Crippen molar-refractivity contribution in [3.63, 3.8) is 0 Å². The molecule has 1 aliphatic carbocycles. The third-order valence-electron chi connectivity index (χ3n) is 4.19. The highest BCUT2D eigenvalue weighted by molar-refractivity contribution is 6.33. The van der Waals surface area contributed by atoms with Crippen molar-refractivity contribution in [3.05, 3.63) is 27.4 Å². The van der Waals surface area contributed by atoms with Crippen LogP contribution in [0.2, 0.25) is 5.02 Å². The fourth-order valence-corrected chi connectivity index (χ4v) is 3.14. The van der Waals surface area contributed by atoms with E-state index in [0.717, 1.165) is 45.3 Å². The first-order chi connectivity index (χ1) is 10.1. The van der Waals surface area contributed by atoms with Crippen molar-refractivity contribution in [1.29, 1.82) is 0 Å². The lowest BCUT2D eigenvalue weighted by atomic mass is 9.97. The predicted molar refractivity (Wildman–Crippen MR) is 81.9 cm³/mol. The van der Waals surface area contributed by atoms with E-state index in [1.54, 1.807) is 0 Å². The molecule has 1 aliphatic heterocycles. The minimum atomic E-state index is -0.461. The van der Waals surface area contributed by atoms with Crippen molar-refractivity contribution in [2.45, 2.75) is 31.7 Å². The van der Waals surface area contributed by atoms with Gasteiger partial charge in [0.05, 0.1) is 9.95 Å². The molecule has 0 aromatic carbocycles. The van der Waals surface area contributed by atoms with Crippen LogP contribution in [-0.4, -0.2) is 35.6 Å². The van der Waals surface area contributed by atoms with Crippen LogP contribution >= 0.6 is 11.6 Å². The molecule has 3 rings (SSSR count). The monoisotopic (exact) mass is 310 g/mol. The van der Waals surface area contributed by atoms with Crippen LogP contribution in [0.5, 0.6) is 0 Å². The maximum Gasteiger partial charge on any atom is 0.289 e. The van der Waals surface area contributed by atoms with Crippen LogP contribution in [0.25, 0.3) is 0 Å². The maximum atomic E-state index is 10.8. The lowest BCUT2D eigenvalue weighted by Gasteiger charge is -2.31. The summed E-state index contributed by atoms with van der Waals surface area (Å²) in [6.45, 7) is 3.06. The number of pyridine rings is 1. The Kier molecular flexibility index (Phi) is 4.26. The molecule has 114 valence electrons. The first-order valence-electron chi connectivity index (χ1n) is 7.42. The minimum Gasteiger partial charge on any atom is -0.352 e. The Balaban J connectivity index is 1.78. The van der Waals surface area contributed by atoms with E-state index in [0.29, 0.717) is 22.8 Å². The van der Waals surface area contributed by atoms with E-state index < -0.39 is 4.92 Å². The summed E-state index contributed by atoms with van der Waals surface area (Å²) in [4.78, 5) is 16.8. The molecule has 21 heavy (non-hydrogen) atoms. The van der Waals surface area contributed by atoms with Gasteiger partial charge >= 0.3 is 0 Å². The first-order valence-corrected chi connectivity index (χ1v) is 7.80. The van der Waals surface area contributed by atoms with Crippen LogP contribution in [0.4, 0.5) is 11.5 Å². The summed E-state index contributed by atoms with van der Waals surface area (Å²) >= 11 is 6.24. The molecule has 1 N–H and O–H groups in total. The van der Waals surface area contributed by atoms with E-state index in [4.69, 9.17) is 11.6 Å². The van der Waals surface area contributed by atoms with E-state index in [1.165, 1.54) is 12.3 Å². The van der Waals surface area contributed by atoms with Crippen LogP contribution in [0, 0.1) is 16.0 Å². The van der Waals surface area contributed by atoms with Gasteiger partial charge in [-0.25, -0.2) is 4.98 Å². The molecule has 1 aromatic rings. The number of hydrogen-bond acceptors (Lipinski definition) is 5. The average Bonchev–Trinajstić information content (AvgIpc) is 3.31. The molecule has 2 heterocycles. The van der Waals surface area contributed by atoms with Crippen LogP contribution in [0.15, 0.2) is 12.3 Å². The molecule has 0 spiro atoms. The SMILES string of the molecule is O=[N+]([O-])c1cnc(N(CC2CCNCC2)C2CC2)c(Cl)c1. The largest absolute Gasteiger partial charge is 0.352 e. The van der Waals surface area contributed by atoms with Gasteiger partial charge in [0.15, 0.2) is 0 Å². The van der Waals surface area contributed by atoms with Crippen molar-refractivity contribution >= 4 is 23.1 Å². The second-order valence-electron chi connectivity index (χ2n) is 5.83. The third-order valence-corrected chi connectivity index (χ3v) is 4.47. The summed E-state index contributed by atoms with van der Waals surface area (Å²) in [7, 11) is 0. The number of rotatable bonds is 5. The Labute approximate surface area is 128 Å². The zero-order valence-electron chi connectivity index (χ0n) is 11.8. The zero-order chi connectivity index (χ0) is 14.8. The molecule has 0 bridgehead atoms. The number of piperidine rings is 1. The lowest BCUT2D eigenvalue weighted by molar-refractivity contribution is -0.385. The molecule has 1 saturated carbocycles. The first kappa shape index (κ1) is 14.5. The van der Waals surface area contributed by atoms with Crippen LogP contribution in [-0.2, 0) is 0 Å². The van der Waals surface area contributed by atoms with Crippen molar-refractivity contribution in [3.8, 4) is 0 Å². The quantitative estimate of drug-likeness (QED) is 0.668. The van der Waals surface area contributed by atoms with Gasteiger partial charge in [0.2, 0.25) is 0 Å². The van der Waals surface area contributed by atoms with Gasteiger partial charge in [-0.15, -0.1) is 0 Å². The highest BCUT2D eigenvalue weighted by atomic mass is 35.5. The predicted octanol–water partition coefficient (Wildman–Crippen LogP) is 2.61. The van der Waals surface area contributed by atoms with E-state index in [9.17, 15) is 10.1 Å². The Bertz CT molecular complexity index is 530. The van der Waals surface area contributed by atoms with Gasteiger partial charge < -0.3 is 10.2 Å². The number of nitro groups is 1. The minimum absolute atomic E-state index is 0.0543. The van der Waals surface area contributed by atoms with Gasteiger partial charge in [0, 0.05) is 18.7 Å². The fourth-order valence-electron chi connectivity index (χ4n) is 2.87. The highest BCUT2D eigenvalue weighted by Gasteiger charge is 2.33. The molecular formula is C14H19ClN4O2. The molecule has 2 fully saturated rings. The molecule has 1 aromatic heterocycles. The summed E-state index contributed by atoms with van der Waals surface area (Å²) in [5.74, 6) is 1.34. The summed E-state index contributed by atoms with van der Waals surface area (Å²) in [6, 6.07) is 1.90. The van der Waals surface area contributed by atoms with E-state index in [1.807, 2.05) is 0 Å². The normalized spacial score (nSPS) is 19.5. The smallest absolute Gasteiger partial charge is 0.289 e. The second kappa shape index (κ2) is 6.15. The molecule has 0 unspecified atom stereocenters. The average molecular weight is 311 g/mol. The Morgan fingerprint density at radius 2 is 2.10 bits per heavy atom. The fraction of sp³-hybridized carbons (Fsp3) is 0.643. The molecule has 7 heteroatoms. The summed E-state index contributed by atoms with van der Waals surface area (Å²) in [6.07, 6.45) is 5.93. The van der Waals surface area contributed by atoms with Gasteiger partial charge in [-0.1, -0.05) is 11.6 Å². The van der Waals surface area contributed by atoms with E-state index in [-0.39, 0.29) is 5.69 Å². The molecule has 0 amide bonds. The number of hydrogen-bond donors (Lipinski definition) is 1. The molecular weight excluding hydrogens is 292 g/mol. The number of nitrogens with one attached hydrogen (secondary N) is 1. The zero-order valence-corrected chi connectivity index (χ0v) is 12.6. The third kappa shape index (κ3) is 3.44. The van der Waals surface area contributed by atoms with E-state index in [2.05, 4.69) is 15.2 Å². The molecule has 2 aliphatic rings. The van der Waals surface area contributed by atoms with Gasteiger partial charge in [0.25, 0.3) is 5.69 Å². The Morgan fingerprint density at radius 1 is 1.38 bits per heavy atom. The van der Waals surface area contributed by atoms with Crippen molar-refractivity contribution in [1.82, 2.24) is 10.3 Å². The highest BCUT2D eigenvalue weighted by Crippen LogP contribution is 2.36. The standard InChI is InChI=1S/C14H19ClN4O2/c15-13-7-12(19(20)21)8-17-14(13)18(11-1-2-11)9-10-3-5-16-6-4-10/h7-8,10-11,16H,1-6,9H2. The van der Waals surface area contributed by atoms with Gasteiger partial charge in [-0.2, -0.15) is 0 Å². The summed E-state index contributed by atoms with van der Waals surface area (Å²) in [5, 5.41) is 14.5. The molecule has 0 atom stereocenters. The Morgan fingerprint density at radius 3 is 2.67 bits per heavy atom. The summed E-state index contributed by atoms with van der Waals surface area (Å²) < 4.78 is 0. The molecule has 0 radical (unpaired) electrons. The number of anilines is 1. The maximum absolute atomic E-state index is 10.8. The van der Waals surface area contributed by atoms with Crippen molar-refractivity contribution in [2.75, 3.05) is 24.5 Å². The number of halogens is 1. The van der Waals surface area contributed by atoms with Gasteiger partial charge in [0.1, 0.15) is 12.0 Å². The van der Waals surface area contributed by atoms with Crippen molar-refractivity contribution in [2.24, 2.45) is 5.92 Å². The van der Waals surface area contributed by atoms with Crippen LogP contribution in [0.3, 0.4) is 0 Å². The van der Waals surface area contributed by atoms with Crippen LogP contribution in [0.1, 0.15) is 25.7 Å². The summed E-state index contributed by atoms with van der Waals surface area (Å²) in [5.41, 5.74) is -0.0543.